The summed E-state index contributed by atoms with van der Waals surface area (Å²) in [6, 6.07) is 19.3. The highest BCUT2D eigenvalue weighted by Gasteiger charge is 2.29. The molecule has 0 amide bonds. The monoisotopic (exact) mass is 388 g/mol. The summed E-state index contributed by atoms with van der Waals surface area (Å²) in [5.41, 5.74) is 11.0. The molecular formula is C22H17ClN4O. The predicted octanol–water partition coefficient (Wildman–Crippen LogP) is 4.54. The minimum Gasteiger partial charge on any atom is -0.368 e. The van der Waals surface area contributed by atoms with Gasteiger partial charge in [-0.25, -0.2) is 4.98 Å². The zero-order valence-corrected chi connectivity index (χ0v) is 15.7. The smallest absolute Gasteiger partial charge is 0.222 e. The van der Waals surface area contributed by atoms with Crippen molar-refractivity contribution in [1.29, 1.82) is 0 Å². The molecule has 0 saturated carbocycles. The molecule has 2 aromatic carbocycles. The number of carbonyl (C=O) groups excluding carboxylic acids is 1. The van der Waals surface area contributed by atoms with Crippen molar-refractivity contribution in [2.75, 3.05) is 5.73 Å². The maximum atomic E-state index is 12.9. The fourth-order valence-electron chi connectivity index (χ4n) is 3.91. The van der Waals surface area contributed by atoms with Gasteiger partial charge in [-0.2, -0.15) is 9.61 Å². The fourth-order valence-corrected chi connectivity index (χ4v) is 4.11. The molecule has 0 bridgehead atoms. The van der Waals surface area contributed by atoms with Crippen LogP contribution < -0.4 is 5.73 Å². The standard InChI is InChI=1S/C22H17ClN4O/c23-16-8-4-7-14(9-16)15-10-18-17(20(28)11-15)12-19-21(13-5-2-1-3-6-13)25-22(24)27(19)26-18/h1-9,12,15H,10-11H2,(H2,24,25)/t15-/m1/s1. The van der Waals surface area contributed by atoms with E-state index in [2.05, 4.69) is 10.1 Å². The Morgan fingerprint density at radius 1 is 1.04 bits per heavy atom. The molecule has 0 fully saturated rings. The summed E-state index contributed by atoms with van der Waals surface area (Å²) in [6.45, 7) is 0. The lowest BCUT2D eigenvalue weighted by Crippen LogP contribution is -2.21. The molecule has 5 rings (SSSR count). The molecule has 6 heteroatoms. The molecule has 2 N–H and O–H groups in total. The van der Waals surface area contributed by atoms with Crippen LogP contribution in [-0.4, -0.2) is 20.4 Å². The quantitative estimate of drug-likeness (QED) is 0.547. The van der Waals surface area contributed by atoms with Crippen molar-refractivity contribution in [3.63, 3.8) is 0 Å². The number of hydrogen-bond donors (Lipinski definition) is 1. The van der Waals surface area contributed by atoms with E-state index in [4.69, 9.17) is 17.3 Å². The van der Waals surface area contributed by atoms with E-state index in [-0.39, 0.29) is 11.7 Å². The Labute approximate surface area is 166 Å². The highest BCUT2D eigenvalue weighted by Crippen LogP contribution is 2.35. The number of rotatable bonds is 2. The van der Waals surface area contributed by atoms with Crippen LogP contribution in [0.4, 0.5) is 5.95 Å². The largest absolute Gasteiger partial charge is 0.368 e. The van der Waals surface area contributed by atoms with Gasteiger partial charge in [-0.1, -0.05) is 54.1 Å². The van der Waals surface area contributed by atoms with Crippen LogP contribution in [0.5, 0.6) is 0 Å². The number of anilines is 1. The van der Waals surface area contributed by atoms with Crippen molar-refractivity contribution in [3.05, 3.63) is 82.5 Å². The van der Waals surface area contributed by atoms with E-state index in [1.165, 1.54) is 0 Å². The Balaban J connectivity index is 1.62. The van der Waals surface area contributed by atoms with Crippen LogP contribution in [0.25, 0.3) is 16.8 Å². The Hall–Kier alpha value is -3.18. The number of benzene rings is 2. The van der Waals surface area contributed by atoms with Gasteiger partial charge in [0.1, 0.15) is 5.69 Å². The van der Waals surface area contributed by atoms with Crippen molar-refractivity contribution in [2.45, 2.75) is 18.8 Å². The number of nitrogens with two attached hydrogens (primary N) is 1. The molecule has 138 valence electrons. The maximum absolute atomic E-state index is 12.9. The molecule has 1 atom stereocenters. The number of nitrogens with zero attached hydrogens (tertiary/aromatic N) is 3. The Morgan fingerprint density at radius 2 is 1.86 bits per heavy atom. The second kappa shape index (κ2) is 6.46. The van der Waals surface area contributed by atoms with Gasteiger partial charge in [0.25, 0.3) is 0 Å². The minimum absolute atomic E-state index is 0.0574. The van der Waals surface area contributed by atoms with Gasteiger partial charge in [0.05, 0.1) is 11.2 Å². The summed E-state index contributed by atoms with van der Waals surface area (Å²) in [4.78, 5) is 17.4. The van der Waals surface area contributed by atoms with Gasteiger partial charge in [0, 0.05) is 22.6 Å². The number of hydrogen-bond acceptors (Lipinski definition) is 4. The summed E-state index contributed by atoms with van der Waals surface area (Å²) < 4.78 is 1.63. The summed E-state index contributed by atoms with van der Waals surface area (Å²) in [5, 5.41) is 5.36. The first kappa shape index (κ1) is 17.0. The number of Topliss-reactive ketones (excluding diaryl/α,β-unsaturated/α-hetero) is 1. The van der Waals surface area contributed by atoms with E-state index in [9.17, 15) is 4.79 Å². The van der Waals surface area contributed by atoms with E-state index in [1.54, 1.807) is 4.52 Å². The third kappa shape index (κ3) is 2.75. The molecule has 2 heterocycles. The first-order valence-electron chi connectivity index (χ1n) is 9.12. The normalized spacial score (nSPS) is 16.3. The molecule has 28 heavy (non-hydrogen) atoms. The van der Waals surface area contributed by atoms with Crippen LogP contribution in [0, 0.1) is 0 Å². The van der Waals surface area contributed by atoms with Crippen LogP contribution in [0.15, 0.2) is 60.7 Å². The molecule has 0 radical (unpaired) electrons. The number of aromatic nitrogens is 3. The number of carbonyl (C=O) groups is 1. The predicted molar refractivity (Wildman–Crippen MR) is 110 cm³/mol. The van der Waals surface area contributed by atoms with Crippen LogP contribution >= 0.6 is 11.6 Å². The van der Waals surface area contributed by atoms with E-state index in [0.717, 1.165) is 28.0 Å². The Bertz CT molecular complexity index is 1220. The van der Waals surface area contributed by atoms with Gasteiger partial charge in [-0.3, -0.25) is 4.79 Å². The fraction of sp³-hybridized carbons (Fsp3) is 0.136. The highest BCUT2D eigenvalue weighted by atomic mass is 35.5. The van der Waals surface area contributed by atoms with E-state index in [0.29, 0.717) is 29.4 Å². The van der Waals surface area contributed by atoms with Crippen LogP contribution in [-0.2, 0) is 6.42 Å². The topological polar surface area (TPSA) is 73.3 Å². The second-order valence-corrected chi connectivity index (χ2v) is 7.51. The van der Waals surface area contributed by atoms with Gasteiger partial charge in [-0.15, -0.1) is 0 Å². The molecule has 0 saturated heterocycles. The summed E-state index contributed by atoms with van der Waals surface area (Å²) in [6.07, 6.45) is 1.10. The average Bonchev–Trinajstić information content (AvgIpc) is 3.03. The molecule has 5 nitrogen and oxygen atoms in total. The number of ketones is 1. The Kier molecular flexibility index (Phi) is 3.91. The zero-order valence-electron chi connectivity index (χ0n) is 15.0. The van der Waals surface area contributed by atoms with Gasteiger partial charge in [-0.05, 0) is 36.1 Å². The van der Waals surface area contributed by atoms with Crippen molar-refractivity contribution in [3.8, 4) is 11.3 Å². The minimum atomic E-state index is 0.0574. The van der Waals surface area contributed by atoms with Gasteiger partial charge in [0.2, 0.25) is 5.95 Å². The first-order chi connectivity index (χ1) is 13.6. The number of fused-ring (bicyclic) bond motifs is 2. The molecular weight excluding hydrogens is 372 g/mol. The van der Waals surface area contributed by atoms with E-state index < -0.39 is 0 Å². The molecule has 2 aromatic heterocycles. The summed E-state index contributed by atoms with van der Waals surface area (Å²) in [5.74, 6) is 0.455. The zero-order chi connectivity index (χ0) is 19.3. The molecule has 0 aliphatic heterocycles. The molecule has 1 aliphatic carbocycles. The van der Waals surface area contributed by atoms with Crippen LogP contribution in [0.1, 0.15) is 34.0 Å². The third-order valence-corrected chi connectivity index (χ3v) is 5.50. The summed E-state index contributed by atoms with van der Waals surface area (Å²) in [7, 11) is 0. The average molecular weight is 389 g/mol. The number of nitrogen functional groups attached to an aromatic ring is 1. The summed E-state index contributed by atoms with van der Waals surface area (Å²) >= 11 is 6.13. The van der Waals surface area contributed by atoms with E-state index >= 15 is 0 Å². The maximum Gasteiger partial charge on any atom is 0.222 e. The Morgan fingerprint density at radius 3 is 2.64 bits per heavy atom. The lowest BCUT2D eigenvalue weighted by Gasteiger charge is -2.23. The van der Waals surface area contributed by atoms with Crippen LogP contribution in [0.3, 0.4) is 0 Å². The number of imidazole rings is 1. The molecule has 4 aromatic rings. The molecule has 0 spiro atoms. The van der Waals surface area contributed by atoms with Crippen molar-refractivity contribution in [1.82, 2.24) is 14.6 Å². The lowest BCUT2D eigenvalue weighted by atomic mass is 9.82. The van der Waals surface area contributed by atoms with Crippen molar-refractivity contribution >= 4 is 28.8 Å². The highest BCUT2D eigenvalue weighted by molar-refractivity contribution is 6.30. The van der Waals surface area contributed by atoms with E-state index in [1.807, 2.05) is 60.7 Å². The molecule has 1 aliphatic rings. The van der Waals surface area contributed by atoms with Gasteiger partial charge < -0.3 is 5.73 Å². The van der Waals surface area contributed by atoms with Gasteiger partial charge >= 0.3 is 0 Å². The second-order valence-electron chi connectivity index (χ2n) is 7.07. The number of halogens is 1. The van der Waals surface area contributed by atoms with Crippen molar-refractivity contribution in [2.24, 2.45) is 0 Å². The third-order valence-electron chi connectivity index (χ3n) is 5.27. The van der Waals surface area contributed by atoms with Crippen molar-refractivity contribution < 1.29 is 4.79 Å². The lowest BCUT2D eigenvalue weighted by molar-refractivity contribution is 0.0963. The first-order valence-corrected chi connectivity index (χ1v) is 9.50. The SMILES string of the molecule is Nc1nc(-c2ccccc2)c2cc3c(nn12)C[C@@H](c1cccc(Cl)c1)CC3=O. The van der Waals surface area contributed by atoms with Crippen LogP contribution in [0.2, 0.25) is 5.02 Å². The van der Waals surface area contributed by atoms with Gasteiger partial charge in [0.15, 0.2) is 5.78 Å². The molecule has 0 unspecified atom stereocenters.